The van der Waals surface area contributed by atoms with Crippen molar-refractivity contribution in [2.45, 2.75) is 39.4 Å². The number of rotatable bonds is 5. The first kappa shape index (κ1) is 24.4. The Morgan fingerprint density at radius 1 is 1.11 bits per heavy atom. The Hall–Kier alpha value is -3.26. The second-order valence-corrected chi connectivity index (χ2v) is 11.3. The molecule has 0 aliphatic rings. The van der Waals surface area contributed by atoms with E-state index in [0.717, 1.165) is 48.4 Å². The first-order valence-electron chi connectivity index (χ1n) is 11.5. The van der Waals surface area contributed by atoms with E-state index in [9.17, 15) is 9.90 Å². The van der Waals surface area contributed by atoms with E-state index in [-0.39, 0.29) is 0 Å². The molecule has 0 aliphatic carbocycles. The van der Waals surface area contributed by atoms with Crippen molar-refractivity contribution in [3.63, 3.8) is 0 Å². The summed E-state index contributed by atoms with van der Waals surface area (Å²) in [7, 11) is 1.92. The molecule has 2 aromatic heterocycles. The van der Waals surface area contributed by atoms with Crippen LogP contribution in [-0.2, 0) is 16.6 Å². The molecule has 0 aliphatic heterocycles. The fourth-order valence-electron chi connectivity index (χ4n) is 4.44. The van der Waals surface area contributed by atoms with Gasteiger partial charge in [-0.3, -0.25) is 4.68 Å². The number of hydrogen-bond donors (Lipinski definition) is 1. The van der Waals surface area contributed by atoms with Crippen molar-refractivity contribution < 1.29 is 14.6 Å². The van der Waals surface area contributed by atoms with E-state index in [4.69, 9.17) is 21.3 Å². The van der Waals surface area contributed by atoms with E-state index in [1.807, 2.05) is 88.1 Å². The smallest absolute Gasteiger partial charge is 0.337 e. The lowest BCUT2D eigenvalue weighted by Crippen LogP contribution is -2.28. The Morgan fingerprint density at radius 2 is 1.81 bits per heavy atom. The van der Waals surface area contributed by atoms with Crippen LogP contribution >= 0.6 is 22.9 Å². The number of aliphatic carboxylic acids is 1. The number of aryl methyl sites for hydroxylation is 2. The number of carbonyl (C=O) groups is 1. The monoisotopic (exact) mass is 519 g/mol. The minimum Gasteiger partial charge on any atom is -0.479 e. The van der Waals surface area contributed by atoms with Crippen LogP contribution in [0.5, 0.6) is 0 Å². The van der Waals surface area contributed by atoms with Gasteiger partial charge in [-0.25, -0.2) is 9.78 Å². The van der Waals surface area contributed by atoms with Gasteiger partial charge in [-0.2, -0.15) is 5.10 Å². The van der Waals surface area contributed by atoms with Crippen LogP contribution in [0, 0.1) is 6.92 Å². The van der Waals surface area contributed by atoms with Gasteiger partial charge >= 0.3 is 5.97 Å². The summed E-state index contributed by atoms with van der Waals surface area (Å²) in [6, 6.07) is 15.6. The quantitative estimate of drug-likeness (QED) is 0.261. The first-order chi connectivity index (χ1) is 17.0. The van der Waals surface area contributed by atoms with Crippen molar-refractivity contribution in [3.05, 3.63) is 70.9 Å². The van der Waals surface area contributed by atoms with Gasteiger partial charge in [0.2, 0.25) is 0 Å². The predicted molar refractivity (Wildman–Crippen MR) is 146 cm³/mol. The van der Waals surface area contributed by atoms with Gasteiger partial charge in [0.1, 0.15) is 5.01 Å². The summed E-state index contributed by atoms with van der Waals surface area (Å²) in [5, 5.41) is 17.1. The van der Waals surface area contributed by atoms with Gasteiger partial charge in [-0.05, 0) is 63.1 Å². The van der Waals surface area contributed by atoms with Crippen LogP contribution in [0.25, 0.3) is 42.8 Å². The summed E-state index contributed by atoms with van der Waals surface area (Å²) < 4.78 is 8.84. The van der Waals surface area contributed by atoms with E-state index in [2.05, 4.69) is 11.2 Å². The van der Waals surface area contributed by atoms with Crippen LogP contribution in [-0.4, -0.2) is 31.4 Å². The first-order valence-corrected chi connectivity index (χ1v) is 12.7. The summed E-state index contributed by atoms with van der Waals surface area (Å²) >= 11 is 7.73. The molecule has 3 aromatic carbocycles. The molecule has 1 atom stereocenters. The summed E-state index contributed by atoms with van der Waals surface area (Å²) in [4.78, 5) is 17.5. The van der Waals surface area contributed by atoms with Gasteiger partial charge in [-0.15, -0.1) is 11.3 Å². The molecule has 0 radical (unpaired) electrons. The maximum Gasteiger partial charge on any atom is 0.337 e. The number of aromatic nitrogens is 3. The van der Waals surface area contributed by atoms with E-state index >= 15 is 0 Å². The normalized spacial score (nSPS) is 12.9. The number of carboxylic acid groups (broad SMARTS) is 1. The maximum atomic E-state index is 12.5. The zero-order valence-electron chi connectivity index (χ0n) is 20.7. The molecule has 0 fully saturated rings. The van der Waals surface area contributed by atoms with Gasteiger partial charge in [-0.1, -0.05) is 35.9 Å². The summed E-state index contributed by atoms with van der Waals surface area (Å²) in [6.45, 7) is 7.49. The Labute approximate surface area is 218 Å². The molecule has 2 heterocycles. The minimum atomic E-state index is -1.14. The third kappa shape index (κ3) is 4.50. The van der Waals surface area contributed by atoms with Gasteiger partial charge in [0.25, 0.3) is 0 Å². The van der Waals surface area contributed by atoms with E-state index in [1.54, 1.807) is 11.3 Å². The standard InChI is InChI=1S/C28H26ClN3O3S/c1-15-12-20-25(36-26(31-20)17-6-7-18-14-30-32(5)21(18)13-17)23(16-8-10-19(29)11-9-16)22(15)24(27(33)34)35-28(2,3)4/h6-14,24H,1-5H3,(H,33,34)/t24-/m0/s1. The average molecular weight is 520 g/mol. The van der Waals surface area contributed by atoms with Crippen molar-refractivity contribution in [1.29, 1.82) is 0 Å². The van der Waals surface area contributed by atoms with Crippen LogP contribution in [0.4, 0.5) is 0 Å². The van der Waals surface area contributed by atoms with Crippen LogP contribution < -0.4 is 0 Å². The number of fused-ring (bicyclic) bond motifs is 2. The SMILES string of the molecule is Cc1cc2nc(-c3ccc4cnn(C)c4c3)sc2c(-c2ccc(Cl)cc2)c1[C@H](OC(C)(C)C)C(=O)O. The molecule has 36 heavy (non-hydrogen) atoms. The third-order valence-corrected chi connectivity index (χ3v) is 7.40. The predicted octanol–water partition coefficient (Wildman–Crippen LogP) is 7.42. The van der Waals surface area contributed by atoms with Crippen molar-refractivity contribution in [2.75, 3.05) is 0 Å². The van der Waals surface area contributed by atoms with Crippen molar-refractivity contribution in [3.8, 4) is 21.7 Å². The molecule has 1 N–H and O–H groups in total. The zero-order valence-corrected chi connectivity index (χ0v) is 22.2. The molecule has 0 saturated carbocycles. The second-order valence-electron chi connectivity index (χ2n) is 9.85. The highest BCUT2D eigenvalue weighted by Gasteiger charge is 2.32. The van der Waals surface area contributed by atoms with E-state index in [1.165, 1.54) is 0 Å². The number of halogens is 1. The Bertz CT molecular complexity index is 1610. The van der Waals surface area contributed by atoms with Crippen LogP contribution in [0.2, 0.25) is 5.02 Å². The highest BCUT2D eigenvalue weighted by molar-refractivity contribution is 7.22. The number of benzene rings is 3. The zero-order chi connectivity index (χ0) is 25.8. The molecule has 5 aromatic rings. The molecule has 0 bridgehead atoms. The Balaban J connectivity index is 1.79. The molecular formula is C28H26ClN3O3S. The van der Waals surface area contributed by atoms with Crippen LogP contribution in [0.3, 0.4) is 0 Å². The molecular weight excluding hydrogens is 494 g/mol. The average Bonchev–Trinajstić information content (AvgIpc) is 3.40. The number of thiazole rings is 1. The molecule has 184 valence electrons. The summed E-state index contributed by atoms with van der Waals surface area (Å²) in [6.07, 6.45) is 0.698. The molecule has 6 nitrogen and oxygen atoms in total. The largest absolute Gasteiger partial charge is 0.479 e. The molecule has 0 amide bonds. The molecule has 8 heteroatoms. The lowest BCUT2D eigenvalue weighted by Gasteiger charge is -2.28. The lowest BCUT2D eigenvalue weighted by molar-refractivity contribution is -0.160. The molecule has 0 saturated heterocycles. The van der Waals surface area contributed by atoms with E-state index < -0.39 is 17.7 Å². The maximum absolute atomic E-state index is 12.5. The van der Waals surface area contributed by atoms with Gasteiger partial charge in [0, 0.05) is 34.1 Å². The van der Waals surface area contributed by atoms with Crippen LogP contribution in [0.15, 0.2) is 54.7 Å². The number of hydrogen-bond acceptors (Lipinski definition) is 5. The highest BCUT2D eigenvalue weighted by Crippen LogP contribution is 2.44. The molecule has 0 unspecified atom stereocenters. The summed E-state index contributed by atoms with van der Waals surface area (Å²) in [5.41, 5.74) is 5.27. The third-order valence-electron chi connectivity index (χ3n) is 6.01. The Morgan fingerprint density at radius 3 is 2.47 bits per heavy atom. The number of ether oxygens (including phenoxy) is 1. The van der Waals surface area contributed by atoms with Crippen molar-refractivity contribution >= 4 is 50.0 Å². The molecule has 0 spiro atoms. The second kappa shape index (κ2) is 9.00. The van der Waals surface area contributed by atoms with Gasteiger partial charge in [0.05, 0.1) is 27.5 Å². The number of nitrogens with zero attached hydrogens (tertiary/aromatic N) is 3. The van der Waals surface area contributed by atoms with Gasteiger partial charge < -0.3 is 9.84 Å². The van der Waals surface area contributed by atoms with Gasteiger partial charge in [0.15, 0.2) is 6.10 Å². The van der Waals surface area contributed by atoms with E-state index in [0.29, 0.717) is 10.6 Å². The van der Waals surface area contributed by atoms with Crippen molar-refractivity contribution in [2.24, 2.45) is 7.05 Å². The topological polar surface area (TPSA) is 77.2 Å². The number of carboxylic acids is 1. The lowest BCUT2D eigenvalue weighted by atomic mass is 9.91. The van der Waals surface area contributed by atoms with Crippen LogP contribution in [0.1, 0.15) is 38.0 Å². The Kier molecular flexibility index (Phi) is 6.11. The fraction of sp³-hybridized carbons (Fsp3) is 0.250. The van der Waals surface area contributed by atoms with Crippen molar-refractivity contribution in [1.82, 2.24) is 14.8 Å². The minimum absolute atomic E-state index is 0.611. The molecule has 5 rings (SSSR count). The highest BCUT2D eigenvalue weighted by atomic mass is 35.5. The summed E-state index contributed by atoms with van der Waals surface area (Å²) in [5.74, 6) is -1.03. The fourth-order valence-corrected chi connectivity index (χ4v) is 5.69.